The topological polar surface area (TPSA) is 24.3 Å². The Labute approximate surface area is 164 Å². The lowest BCUT2D eigenvalue weighted by molar-refractivity contribution is 0.0453. The van der Waals surface area contributed by atoms with Crippen LogP contribution < -0.4 is 0 Å². The number of rotatable bonds is 5. The molecule has 4 nitrogen and oxygen atoms in total. The molecule has 4 rings (SSSR count). The third-order valence-electron chi connectivity index (χ3n) is 6.55. The molecule has 0 unspecified atom stereocenters. The van der Waals surface area contributed by atoms with E-state index in [0.29, 0.717) is 12.1 Å². The van der Waals surface area contributed by atoms with Crippen LogP contribution in [0, 0.1) is 13.8 Å². The number of aryl methyl sites for hydroxylation is 1. The molecular weight excluding hydrogens is 332 g/mol. The molecule has 2 atom stereocenters. The van der Waals surface area contributed by atoms with Gasteiger partial charge in [0.1, 0.15) is 0 Å². The van der Waals surface area contributed by atoms with Crippen molar-refractivity contribution < 1.29 is 0 Å². The van der Waals surface area contributed by atoms with Gasteiger partial charge in [-0.25, -0.2) is 0 Å². The van der Waals surface area contributed by atoms with Gasteiger partial charge < -0.3 is 0 Å². The number of fused-ring (bicyclic) bond motifs is 1. The number of aromatic nitrogens is 2. The van der Waals surface area contributed by atoms with Crippen LogP contribution >= 0.6 is 0 Å². The second-order valence-electron chi connectivity index (χ2n) is 8.75. The molecule has 0 bridgehead atoms. The van der Waals surface area contributed by atoms with Gasteiger partial charge in [-0.2, -0.15) is 5.10 Å². The lowest BCUT2D eigenvalue weighted by Crippen LogP contribution is -2.56. The summed E-state index contributed by atoms with van der Waals surface area (Å²) in [5.41, 5.74) is 5.44. The van der Waals surface area contributed by atoms with Gasteiger partial charge in [-0.1, -0.05) is 30.3 Å². The highest BCUT2D eigenvalue weighted by molar-refractivity contribution is 5.25. The Morgan fingerprint density at radius 2 is 1.89 bits per heavy atom. The van der Waals surface area contributed by atoms with E-state index in [1.165, 1.54) is 55.0 Å². The highest BCUT2D eigenvalue weighted by atomic mass is 15.3. The lowest BCUT2D eigenvalue weighted by Gasteiger charge is -2.44. The molecule has 0 radical (unpaired) electrons. The molecule has 0 spiro atoms. The molecule has 2 aromatic rings. The van der Waals surface area contributed by atoms with Gasteiger partial charge in [-0.3, -0.25) is 14.5 Å². The molecule has 2 saturated heterocycles. The van der Waals surface area contributed by atoms with Crippen molar-refractivity contribution in [3.63, 3.8) is 0 Å². The van der Waals surface area contributed by atoms with E-state index in [-0.39, 0.29) is 0 Å². The van der Waals surface area contributed by atoms with E-state index in [1.54, 1.807) is 0 Å². The van der Waals surface area contributed by atoms with E-state index in [9.17, 15) is 0 Å². The molecule has 146 valence electrons. The first-order valence-electron chi connectivity index (χ1n) is 10.6. The summed E-state index contributed by atoms with van der Waals surface area (Å²) < 4.78 is 2.20. The van der Waals surface area contributed by atoms with E-state index in [2.05, 4.69) is 72.5 Å². The Morgan fingerprint density at radius 3 is 2.59 bits per heavy atom. The summed E-state index contributed by atoms with van der Waals surface area (Å²) in [6.07, 6.45) is 3.86. The fourth-order valence-corrected chi connectivity index (χ4v) is 5.05. The Hall–Kier alpha value is -1.65. The summed E-state index contributed by atoms with van der Waals surface area (Å²) in [5.74, 6) is 0. The van der Waals surface area contributed by atoms with Gasteiger partial charge in [0, 0.05) is 49.0 Å². The summed E-state index contributed by atoms with van der Waals surface area (Å²) in [6, 6.07) is 12.8. The predicted octanol–water partition coefficient (Wildman–Crippen LogP) is 3.97. The summed E-state index contributed by atoms with van der Waals surface area (Å²) >= 11 is 0. The van der Waals surface area contributed by atoms with Gasteiger partial charge in [0.05, 0.1) is 5.69 Å². The largest absolute Gasteiger partial charge is 0.298 e. The van der Waals surface area contributed by atoms with Gasteiger partial charge in [0.15, 0.2) is 0 Å². The second-order valence-corrected chi connectivity index (χ2v) is 8.75. The van der Waals surface area contributed by atoms with Crippen molar-refractivity contribution in [1.29, 1.82) is 0 Å². The lowest BCUT2D eigenvalue weighted by atomic mass is 9.98. The molecule has 1 aromatic heterocycles. The molecule has 0 aliphatic carbocycles. The first-order valence-corrected chi connectivity index (χ1v) is 10.6. The third kappa shape index (κ3) is 3.83. The van der Waals surface area contributed by atoms with Crippen molar-refractivity contribution in [2.75, 3.05) is 19.6 Å². The first-order chi connectivity index (χ1) is 13.0. The van der Waals surface area contributed by atoms with E-state index >= 15 is 0 Å². The Kier molecular flexibility index (Phi) is 5.38. The zero-order chi connectivity index (χ0) is 19.0. The minimum absolute atomic E-state index is 0.421. The van der Waals surface area contributed by atoms with Crippen LogP contribution in [0.1, 0.15) is 55.2 Å². The molecule has 4 heteroatoms. The molecular formula is C23H34N4. The van der Waals surface area contributed by atoms with Crippen molar-refractivity contribution in [3.8, 4) is 0 Å². The van der Waals surface area contributed by atoms with Crippen LogP contribution in [-0.2, 0) is 13.0 Å². The van der Waals surface area contributed by atoms with Crippen molar-refractivity contribution in [1.82, 2.24) is 19.6 Å². The fourth-order valence-electron chi connectivity index (χ4n) is 5.05. The molecule has 2 fully saturated rings. The Balaban J connectivity index is 1.58. The highest BCUT2D eigenvalue weighted by Gasteiger charge is 2.36. The van der Waals surface area contributed by atoms with Crippen LogP contribution in [0.5, 0.6) is 0 Å². The van der Waals surface area contributed by atoms with E-state index in [0.717, 1.165) is 19.0 Å². The van der Waals surface area contributed by atoms with Crippen molar-refractivity contribution in [3.05, 3.63) is 52.8 Å². The summed E-state index contributed by atoms with van der Waals surface area (Å²) in [5, 5.41) is 4.83. The normalized spacial score (nSPS) is 23.9. The van der Waals surface area contributed by atoms with E-state index < -0.39 is 0 Å². The van der Waals surface area contributed by atoms with Crippen LogP contribution in [0.3, 0.4) is 0 Å². The summed E-state index contributed by atoms with van der Waals surface area (Å²) in [4.78, 5) is 5.49. The minimum Gasteiger partial charge on any atom is -0.298 e. The van der Waals surface area contributed by atoms with Crippen LogP contribution in [0.15, 0.2) is 30.3 Å². The quantitative estimate of drug-likeness (QED) is 0.800. The second kappa shape index (κ2) is 7.76. The summed E-state index contributed by atoms with van der Waals surface area (Å²) in [6.45, 7) is 13.6. The van der Waals surface area contributed by atoms with Crippen molar-refractivity contribution in [2.45, 2.75) is 71.6 Å². The zero-order valence-electron chi connectivity index (χ0n) is 17.4. The van der Waals surface area contributed by atoms with Crippen LogP contribution in [-0.4, -0.2) is 51.3 Å². The fraction of sp³-hybridized carbons (Fsp3) is 0.609. The average Bonchev–Trinajstić information content (AvgIpc) is 3.21. The number of nitrogens with zero attached hydrogens (tertiary/aromatic N) is 4. The van der Waals surface area contributed by atoms with E-state index in [1.807, 2.05) is 0 Å². The maximum atomic E-state index is 4.83. The Morgan fingerprint density at radius 1 is 1.11 bits per heavy atom. The number of hydrogen-bond acceptors (Lipinski definition) is 3. The Bertz CT molecular complexity index is 764. The molecule has 27 heavy (non-hydrogen) atoms. The van der Waals surface area contributed by atoms with Crippen LogP contribution in [0.2, 0.25) is 0 Å². The van der Waals surface area contributed by atoms with Crippen molar-refractivity contribution in [2.24, 2.45) is 0 Å². The van der Waals surface area contributed by atoms with Gasteiger partial charge in [0.25, 0.3) is 0 Å². The smallest absolute Gasteiger partial charge is 0.0641 e. The maximum Gasteiger partial charge on any atom is 0.0641 e. The zero-order valence-corrected chi connectivity index (χ0v) is 17.4. The standard InChI is InChI=1S/C23H34N4/c1-17(2)27-19(4)23(18(3)24-27)16-26-14-21-11-8-12-25(21)15-22(26)13-20-9-6-5-7-10-20/h5-7,9-10,17,21-22H,8,11-16H2,1-4H3/t21-,22-/m0/s1. The van der Waals surface area contributed by atoms with Gasteiger partial charge in [-0.15, -0.1) is 0 Å². The first kappa shape index (κ1) is 18.7. The van der Waals surface area contributed by atoms with Crippen molar-refractivity contribution >= 4 is 0 Å². The van der Waals surface area contributed by atoms with Crippen LogP contribution in [0.25, 0.3) is 0 Å². The molecule has 0 N–H and O–H groups in total. The molecule has 3 heterocycles. The molecule has 1 aromatic carbocycles. The van der Waals surface area contributed by atoms with Gasteiger partial charge in [-0.05, 0) is 59.1 Å². The number of piperazine rings is 1. The van der Waals surface area contributed by atoms with Gasteiger partial charge in [0.2, 0.25) is 0 Å². The molecule has 0 amide bonds. The van der Waals surface area contributed by atoms with Gasteiger partial charge >= 0.3 is 0 Å². The highest BCUT2D eigenvalue weighted by Crippen LogP contribution is 2.29. The predicted molar refractivity (Wildman–Crippen MR) is 111 cm³/mol. The number of benzene rings is 1. The average molecular weight is 367 g/mol. The van der Waals surface area contributed by atoms with Crippen LogP contribution in [0.4, 0.5) is 0 Å². The van der Waals surface area contributed by atoms with E-state index in [4.69, 9.17) is 5.10 Å². The minimum atomic E-state index is 0.421. The SMILES string of the molecule is Cc1nn(C(C)C)c(C)c1CN1C[C@@H]2CCCN2C[C@@H]1Cc1ccccc1. The molecule has 2 aliphatic heterocycles. The third-order valence-corrected chi connectivity index (χ3v) is 6.55. The monoisotopic (exact) mass is 366 g/mol. The molecule has 0 saturated carbocycles. The number of hydrogen-bond donors (Lipinski definition) is 0. The molecule has 2 aliphatic rings. The maximum absolute atomic E-state index is 4.83. The summed E-state index contributed by atoms with van der Waals surface area (Å²) in [7, 11) is 0.